The van der Waals surface area contributed by atoms with Crippen molar-refractivity contribution in [1.29, 1.82) is 0 Å². The van der Waals surface area contributed by atoms with Crippen molar-refractivity contribution in [2.75, 3.05) is 6.54 Å². The zero-order chi connectivity index (χ0) is 14.0. The lowest BCUT2D eigenvalue weighted by atomic mass is 10.1. The molecule has 1 aliphatic heterocycles. The summed E-state index contributed by atoms with van der Waals surface area (Å²) in [6.45, 7) is 1.92. The Morgan fingerprint density at radius 3 is 2.89 bits per heavy atom. The Kier molecular flexibility index (Phi) is 3.91. The first kappa shape index (κ1) is 14.0. The lowest BCUT2D eigenvalue weighted by Gasteiger charge is -2.31. The summed E-state index contributed by atoms with van der Waals surface area (Å²) in [5.41, 5.74) is 0.298. The fourth-order valence-electron chi connectivity index (χ4n) is 2.24. The normalized spacial score (nSPS) is 21.4. The quantitative estimate of drug-likeness (QED) is 0.877. The van der Waals surface area contributed by atoms with Gasteiger partial charge in [-0.1, -0.05) is 5.16 Å². The molecular weight excluding hydrogens is 272 g/mol. The van der Waals surface area contributed by atoms with E-state index in [0.29, 0.717) is 24.3 Å². The first-order valence-corrected chi connectivity index (χ1v) is 7.65. The van der Waals surface area contributed by atoms with E-state index < -0.39 is 22.0 Å². The number of hydrogen-bond donors (Lipinski definition) is 1. The van der Waals surface area contributed by atoms with Gasteiger partial charge in [0.15, 0.2) is 0 Å². The van der Waals surface area contributed by atoms with Gasteiger partial charge in [-0.2, -0.15) is 4.31 Å². The molecule has 1 saturated heterocycles. The Balaban J connectivity index is 2.19. The third kappa shape index (κ3) is 3.13. The van der Waals surface area contributed by atoms with Crippen molar-refractivity contribution in [3.63, 3.8) is 0 Å². The first-order valence-electron chi connectivity index (χ1n) is 6.04. The number of hydrogen-bond acceptors (Lipinski definition) is 5. The number of sulfonamides is 1. The van der Waals surface area contributed by atoms with Crippen molar-refractivity contribution in [2.24, 2.45) is 0 Å². The third-order valence-electron chi connectivity index (χ3n) is 3.10. The number of carboxylic acid groups (broad SMARTS) is 1. The van der Waals surface area contributed by atoms with Crippen molar-refractivity contribution in [3.8, 4) is 0 Å². The van der Waals surface area contributed by atoms with Gasteiger partial charge in [0.05, 0.1) is 0 Å². The minimum atomic E-state index is -3.69. The Morgan fingerprint density at radius 1 is 1.58 bits per heavy atom. The monoisotopic (exact) mass is 288 g/mol. The van der Waals surface area contributed by atoms with E-state index in [4.69, 9.17) is 9.63 Å². The summed E-state index contributed by atoms with van der Waals surface area (Å²) in [4.78, 5) is 11.1. The predicted octanol–water partition coefficient (Wildman–Crippen LogP) is 0.752. The number of aromatic nitrogens is 1. The largest absolute Gasteiger partial charge is 0.480 e. The summed E-state index contributed by atoms with van der Waals surface area (Å²) in [5, 5.41) is 12.7. The average Bonchev–Trinajstić information content (AvgIpc) is 2.74. The molecule has 1 aromatic rings. The smallest absolute Gasteiger partial charge is 0.322 e. The van der Waals surface area contributed by atoms with E-state index in [1.165, 1.54) is 6.07 Å². The maximum Gasteiger partial charge on any atom is 0.322 e. The summed E-state index contributed by atoms with van der Waals surface area (Å²) in [6, 6.07) is 0.573. The van der Waals surface area contributed by atoms with Gasteiger partial charge < -0.3 is 9.63 Å². The summed E-state index contributed by atoms with van der Waals surface area (Å²) in [5.74, 6) is -0.896. The molecule has 0 bridgehead atoms. The number of rotatable bonds is 4. The van der Waals surface area contributed by atoms with Crippen molar-refractivity contribution in [2.45, 2.75) is 38.0 Å². The highest BCUT2D eigenvalue weighted by Crippen LogP contribution is 2.23. The van der Waals surface area contributed by atoms with Crippen LogP contribution in [0.15, 0.2) is 10.6 Å². The summed E-state index contributed by atoms with van der Waals surface area (Å²) < 4.78 is 30.4. The van der Waals surface area contributed by atoms with Crippen molar-refractivity contribution in [1.82, 2.24) is 9.46 Å². The van der Waals surface area contributed by atoms with E-state index in [2.05, 4.69) is 5.16 Å². The van der Waals surface area contributed by atoms with Crippen LogP contribution in [0.1, 0.15) is 30.7 Å². The maximum absolute atomic E-state index is 12.3. The molecule has 0 aliphatic carbocycles. The summed E-state index contributed by atoms with van der Waals surface area (Å²) >= 11 is 0. The van der Waals surface area contributed by atoms with Crippen LogP contribution in [0.25, 0.3) is 0 Å². The van der Waals surface area contributed by atoms with Crippen LogP contribution in [0.3, 0.4) is 0 Å². The molecule has 0 amide bonds. The molecule has 1 N–H and O–H groups in total. The molecule has 1 fully saturated rings. The molecule has 0 radical (unpaired) electrons. The topological polar surface area (TPSA) is 101 Å². The molecule has 1 atom stereocenters. The van der Waals surface area contributed by atoms with Gasteiger partial charge in [-0.05, 0) is 26.2 Å². The lowest BCUT2D eigenvalue weighted by molar-refractivity contribution is -0.142. The van der Waals surface area contributed by atoms with Crippen molar-refractivity contribution < 1.29 is 22.8 Å². The van der Waals surface area contributed by atoms with Crippen LogP contribution in [-0.4, -0.2) is 41.5 Å². The highest BCUT2D eigenvalue weighted by molar-refractivity contribution is 7.88. The fourth-order valence-corrected chi connectivity index (χ4v) is 3.91. The van der Waals surface area contributed by atoms with Crippen LogP contribution >= 0.6 is 0 Å². The molecular formula is C11H16N2O5S. The Hall–Kier alpha value is -1.41. The Bertz CT molecular complexity index is 565. The molecule has 7 nitrogen and oxygen atoms in total. The van der Waals surface area contributed by atoms with Gasteiger partial charge in [0, 0.05) is 12.6 Å². The number of aryl methyl sites for hydroxylation is 1. The van der Waals surface area contributed by atoms with Gasteiger partial charge >= 0.3 is 5.97 Å². The molecule has 0 aromatic carbocycles. The SMILES string of the molecule is Cc1cc(CS(=O)(=O)N2CCCC[C@@H]2C(=O)O)no1. The second kappa shape index (κ2) is 5.30. The van der Waals surface area contributed by atoms with Gasteiger partial charge in [-0.25, -0.2) is 8.42 Å². The van der Waals surface area contributed by atoms with Crippen LogP contribution < -0.4 is 0 Å². The van der Waals surface area contributed by atoms with Gasteiger partial charge in [-0.15, -0.1) is 0 Å². The molecule has 2 rings (SSSR count). The van der Waals surface area contributed by atoms with Crippen LogP contribution in [-0.2, 0) is 20.6 Å². The van der Waals surface area contributed by atoms with E-state index in [1.807, 2.05) is 0 Å². The van der Waals surface area contributed by atoms with E-state index in [-0.39, 0.29) is 12.3 Å². The second-order valence-corrected chi connectivity index (χ2v) is 6.57. The van der Waals surface area contributed by atoms with E-state index in [9.17, 15) is 13.2 Å². The Labute approximate surface area is 111 Å². The zero-order valence-electron chi connectivity index (χ0n) is 10.6. The summed E-state index contributed by atoms with van der Waals surface area (Å²) in [6.07, 6.45) is 1.76. The molecule has 0 spiro atoms. The van der Waals surface area contributed by atoms with E-state index in [1.54, 1.807) is 6.92 Å². The van der Waals surface area contributed by atoms with Gasteiger partial charge in [0.1, 0.15) is 23.2 Å². The van der Waals surface area contributed by atoms with Crippen LogP contribution in [0.2, 0.25) is 0 Å². The highest BCUT2D eigenvalue weighted by Gasteiger charge is 2.37. The third-order valence-corrected chi connectivity index (χ3v) is 4.92. The molecule has 0 unspecified atom stereocenters. The van der Waals surface area contributed by atoms with Crippen LogP contribution in [0, 0.1) is 6.92 Å². The lowest BCUT2D eigenvalue weighted by Crippen LogP contribution is -2.48. The van der Waals surface area contributed by atoms with Crippen LogP contribution in [0.4, 0.5) is 0 Å². The second-order valence-electron chi connectivity index (χ2n) is 4.65. The fraction of sp³-hybridized carbons (Fsp3) is 0.636. The molecule has 0 saturated carbocycles. The molecule has 8 heteroatoms. The number of aliphatic carboxylic acids is 1. The molecule has 1 aliphatic rings. The number of carboxylic acids is 1. The highest BCUT2D eigenvalue weighted by atomic mass is 32.2. The minimum Gasteiger partial charge on any atom is -0.480 e. The van der Waals surface area contributed by atoms with Crippen molar-refractivity contribution in [3.05, 3.63) is 17.5 Å². The molecule has 2 heterocycles. The van der Waals surface area contributed by atoms with E-state index in [0.717, 1.165) is 10.7 Å². The minimum absolute atomic E-state index is 0.246. The van der Waals surface area contributed by atoms with Gasteiger partial charge in [0.25, 0.3) is 0 Å². The standard InChI is InChI=1S/C11H16N2O5S/c1-8-6-9(12-18-8)7-19(16,17)13-5-3-2-4-10(13)11(14)15/h6,10H,2-5,7H2,1H3,(H,14,15)/t10-/m1/s1. The predicted molar refractivity (Wildman–Crippen MR) is 65.8 cm³/mol. The number of carbonyl (C=O) groups is 1. The van der Waals surface area contributed by atoms with E-state index >= 15 is 0 Å². The molecule has 106 valence electrons. The maximum atomic E-state index is 12.3. The average molecular weight is 288 g/mol. The Morgan fingerprint density at radius 2 is 2.32 bits per heavy atom. The summed E-state index contributed by atoms with van der Waals surface area (Å²) in [7, 11) is -3.69. The van der Waals surface area contributed by atoms with Gasteiger partial charge in [0.2, 0.25) is 10.0 Å². The number of piperidine rings is 1. The molecule has 1 aromatic heterocycles. The van der Waals surface area contributed by atoms with Crippen molar-refractivity contribution >= 4 is 16.0 Å². The molecule has 19 heavy (non-hydrogen) atoms. The first-order chi connectivity index (χ1) is 8.90. The van der Waals surface area contributed by atoms with Crippen LogP contribution in [0.5, 0.6) is 0 Å². The van der Waals surface area contributed by atoms with Gasteiger partial charge in [-0.3, -0.25) is 4.79 Å². The zero-order valence-corrected chi connectivity index (χ0v) is 11.4. The number of nitrogens with zero attached hydrogens (tertiary/aromatic N) is 2.